The van der Waals surface area contributed by atoms with E-state index in [-0.39, 0.29) is 5.91 Å². The standard InChI is InChI=1S/C16H23NO3/c1-19-14-7-5-8-15(13-14)20-12-6-9-16(18)17-10-3-2-4-11-17/h5,7-8,13H,2-4,6,9-12H2,1H3. The van der Waals surface area contributed by atoms with E-state index >= 15 is 0 Å². The molecule has 0 radical (unpaired) electrons. The van der Waals surface area contributed by atoms with E-state index < -0.39 is 0 Å². The van der Waals surface area contributed by atoms with Gasteiger partial charge in [0.15, 0.2) is 0 Å². The number of hydrogen-bond acceptors (Lipinski definition) is 3. The highest BCUT2D eigenvalue weighted by molar-refractivity contribution is 5.76. The molecule has 1 amide bonds. The first-order valence-corrected chi connectivity index (χ1v) is 7.34. The minimum absolute atomic E-state index is 0.263. The molecule has 0 unspecified atom stereocenters. The lowest BCUT2D eigenvalue weighted by Gasteiger charge is -2.26. The Morgan fingerprint density at radius 3 is 2.70 bits per heavy atom. The minimum Gasteiger partial charge on any atom is -0.497 e. The van der Waals surface area contributed by atoms with E-state index in [9.17, 15) is 4.79 Å². The number of hydrogen-bond donors (Lipinski definition) is 0. The Morgan fingerprint density at radius 1 is 1.20 bits per heavy atom. The molecule has 0 N–H and O–H groups in total. The molecule has 1 saturated heterocycles. The molecule has 4 heteroatoms. The normalized spacial score (nSPS) is 14.9. The fourth-order valence-electron chi connectivity index (χ4n) is 2.41. The summed E-state index contributed by atoms with van der Waals surface area (Å²) in [6.45, 7) is 2.41. The van der Waals surface area contributed by atoms with Gasteiger partial charge in [0.1, 0.15) is 11.5 Å². The van der Waals surface area contributed by atoms with Crippen molar-refractivity contribution >= 4 is 5.91 Å². The maximum atomic E-state index is 12.0. The molecule has 0 saturated carbocycles. The first-order valence-electron chi connectivity index (χ1n) is 7.34. The summed E-state index contributed by atoms with van der Waals surface area (Å²) in [5.74, 6) is 1.83. The van der Waals surface area contributed by atoms with Crippen LogP contribution in [0.2, 0.25) is 0 Å². The number of benzene rings is 1. The monoisotopic (exact) mass is 277 g/mol. The highest BCUT2D eigenvalue weighted by Gasteiger charge is 2.15. The van der Waals surface area contributed by atoms with E-state index in [1.54, 1.807) is 7.11 Å². The molecule has 0 aromatic heterocycles. The molecule has 1 heterocycles. The Balaban J connectivity index is 1.66. The van der Waals surface area contributed by atoms with Gasteiger partial charge in [-0.1, -0.05) is 6.07 Å². The van der Waals surface area contributed by atoms with E-state index in [4.69, 9.17) is 9.47 Å². The predicted molar refractivity (Wildman–Crippen MR) is 78.2 cm³/mol. The third-order valence-corrected chi connectivity index (χ3v) is 3.55. The lowest BCUT2D eigenvalue weighted by molar-refractivity contribution is -0.132. The molecule has 20 heavy (non-hydrogen) atoms. The van der Waals surface area contributed by atoms with Crippen molar-refractivity contribution in [3.63, 3.8) is 0 Å². The van der Waals surface area contributed by atoms with E-state index in [1.807, 2.05) is 29.2 Å². The predicted octanol–water partition coefficient (Wildman–Crippen LogP) is 2.87. The Hall–Kier alpha value is -1.71. The molecular weight excluding hydrogens is 254 g/mol. The summed E-state index contributed by atoms with van der Waals surface area (Å²) in [5.41, 5.74) is 0. The van der Waals surface area contributed by atoms with Gasteiger partial charge < -0.3 is 14.4 Å². The van der Waals surface area contributed by atoms with Crippen molar-refractivity contribution < 1.29 is 14.3 Å². The van der Waals surface area contributed by atoms with Gasteiger partial charge in [-0.25, -0.2) is 0 Å². The summed E-state index contributed by atoms with van der Waals surface area (Å²) in [4.78, 5) is 13.9. The van der Waals surface area contributed by atoms with E-state index in [0.717, 1.165) is 43.9 Å². The summed E-state index contributed by atoms with van der Waals surface area (Å²) in [5, 5.41) is 0. The first kappa shape index (κ1) is 14.7. The van der Waals surface area contributed by atoms with E-state index in [2.05, 4.69) is 0 Å². The molecule has 0 bridgehead atoms. The van der Waals surface area contributed by atoms with Crippen LogP contribution in [0.3, 0.4) is 0 Å². The van der Waals surface area contributed by atoms with Crippen molar-refractivity contribution in [2.75, 3.05) is 26.8 Å². The van der Waals surface area contributed by atoms with Gasteiger partial charge in [-0.05, 0) is 37.8 Å². The largest absolute Gasteiger partial charge is 0.497 e. The Morgan fingerprint density at radius 2 is 1.95 bits per heavy atom. The highest BCUT2D eigenvalue weighted by atomic mass is 16.5. The van der Waals surface area contributed by atoms with Gasteiger partial charge in [0.05, 0.1) is 13.7 Å². The lowest BCUT2D eigenvalue weighted by atomic mass is 10.1. The maximum Gasteiger partial charge on any atom is 0.222 e. The number of carbonyl (C=O) groups excluding carboxylic acids is 1. The average molecular weight is 277 g/mol. The van der Waals surface area contributed by atoms with Crippen LogP contribution in [0.4, 0.5) is 0 Å². The fraction of sp³-hybridized carbons (Fsp3) is 0.562. The molecule has 1 aliphatic heterocycles. The van der Waals surface area contributed by atoms with Crippen LogP contribution in [0, 0.1) is 0 Å². The molecule has 1 aliphatic rings. The van der Waals surface area contributed by atoms with Gasteiger partial charge in [0.25, 0.3) is 0 Å². The minimum atomic E-state index is 0.263. The molecule has 2 rings (SSSR count). The quantitative estimate of drug-likeness (QED) is 0.751. The number of piperidine rings is 1. The zero-order chi connectivity index (χ0) is 14.2. The Bertz CT molecular complexity index is 427. The number of carbonyl (C=O) groups is 1. The van der Waals surface area contributed by atoms with Crippen LogP contribution >= 0.6 is 0 Å². The number of likely N-dealkylation sites (tertiary alicyclic amines) is 1. The molecule has 1 fully saturated rings. The van der Waals surface area contributed by atoms with Gasteiger partial charge >= 0.3 is 0 Å². The van der Waals surface area contributed by atoms with Crippen LogP contribution < -0.4 is 9.47 Å². The van der Waals surface area contributed by atoms with Gasteiger partial charge in [0.2, 0.25) is 5.91 Å². The molecular formula is C16H23NO3. The molecule has 4 nitrogen and oxygen atoms in total. The summed E-state index contributed by atoms with van der Waals surface area (Å²) in [7, 11) is 1.64. The molecule has 0 aliphatic carbocycles. The first-order chi connectivity index (χ1) is 9.79. The molecule has 0 spiro atoms. The molecule has 1 aromatic rings. The summed E-state index contributed by atoms with van der Waals surface area (Å²) < 4.78 is 10.8. The maximum absolute atomic E-state index is 12.0. The van der Waals surface area contributed by atoms with Crippen LogP contribution in [0.15, 0.2) is 24.3 Å². The number of ether oxygens (including phenoxy) is 2. The van der Waals surface area contributed by atoms with Crippen molar-refractivity contribution in [2.24, 2.45) is 0 Å². The molecule has 0 atom stereocenters. The topological polar surface area (TPSA) is 38.8 Å². The number of nitrogens with zero attached hydrogens (tertiary/aromatic N) is 1. The van der Waals surface area contributed by atoms with Gasteiger partial charge in [0, 0.05) is 25.6 Å². The SMILES string of the molecule is COc1cccc(OCCCC(=O)N2CCCCC2)c1. The average Bonchev–Trinajstić information content (AvgIpc) is 2.52. The van der Waals surface area contributed by atoms with Crippen molar-refractivity contribution in [1.82, 2.24) is 4.90 Å². The lowest BCUT2D eigenvalue weighted by Crippen LogP contribution is -2.35. The van der Waals surface area contributed by atoms with Crippen LogP contribution in [0.25, 0.3) is 0 Å². The zero-order valence-corrected chi connectivity index (χ0v) is 12.1. The summed E-state index contributed by atoms with van der Waals surface area (Å²) in [6.07, 6.45) is 4.87. The van der Waals surface area contributed by atoms with Crippen LogP contribution in [-0.2, 0) is 4.79 Å². The van der Waals surface area contributed by atoms with Crippen molar-refractivity contribution in [1.29, 1.82) is 0 Å². The number of rotatable bonds is 6. The van der Waals surface area contributed by atoms with Crippen molar-refractivity contribution in [3.05, 3.63) is 24.3 Å². The summed E-state index contributed by atoms with van der Waals surface area (Å²) >= 11 is 0. The Labute approximate surface area is 120 Å². The highest BCUT2D eigenvalue weighted by Crippen LogP contribution is 2.19. The zero-order valence-electron chi connectivity index (χ0n) is 12.1. The molecule has 110 valence electrons. The van der Waals surface area contributed by atoms with E-state index in [1.165, 1.54) is 6.42 Å². The van der Waals surface area contributed by atoms with Crippen LogP contribution in [0.5, 0.6) is 11.5 Å². The van der Waals surface area contributed by atoms with Gasteiger partial charge in [-0.3, -0.25) is 4.79 Å². The van der Waals surface area contributed by atoms with Crippen LogP contribution in [0.1, 0.15) is 32.1 Å². The van der Waals surface area contributed by atoms with Crippen molar-refractivity contribution in [2.45, 2.75) is 32.1 Å². The second kappa shape index (κ2) is 7.78. The Kier molecular flexibility index (Phi) is 5.71. The van der Waals surface area contributed by atoms with Gasteiger partial charge in [-0.15, -0.1) is 0 Å². The van der Waals surface area contributed by atoms with Gasteiger partial charge in [-0.2, -0.15) is 0 Å². The number of methoxy groups -OCH3 is 1. The third kappa shape index (κ3) is 4.44. The van der Waals surface area contributed by atoms with Crippen molar-refractivity contribution in [3.8, 4) is 11.5 Å². The fourth-order valence-corrected chi connectivity index (χ4v) is 2.41. The van der Waals surface area contributed by atoms with E-state index in [0.29, 0.717) is 13.0 Å². The summed E-state index contributed by atoms with van der Waals surface area (Å²) in [6, 6.07) is 7.53. The molecule has 1 aromatic carbocycles. The second-order valence-corrected chi connectivity index (χ2v) is 5.07. The second-order valence-electron chi connectivity index (χ2n) is 5.07. The third-order valence-electron chi connectivity index (χ3n) is 3.55. The van der Waals surface area contributed by atoms with Crippen LogP contribution in [-0.4, -0.2) is 37.6 Å². The number of amides is 1. The smallest absolute Gasteiger partial charge is 0.222 e.